The highest BCUT2D eigenvalue weighted by atomic mass is 32.2. The van der Waals surface area contributed by atoms with Crippen molar-refractivity contribution in [2.24, 2.45) is 0 Å². The van der Waals surface area contributed by atoms with Crippen molar-refractivity contribution in [1.82, 2.24) is 14.8 Å². The van der Waals surface area contributed by atoms with Crippen molar-refractivity contribution >= 4 is 37.3 Å². The van der Waals surface area contributed by atoms with Crippen LogP contribution >= 0.6 is 11.3 Å². The number of aliphatic hydroxyl groups is 1. The van der Waals surface area contributed by atoms with E-state index in [-0.39, 0.29) is 18.0 Å². The number of halogens is 3. The van der Waals surface area contributed by atoms with Crippen molar-refractivity contribution in [1.29, 1.82) is 0 Å². The molecule has 0 unspecified atom stereocenters. The van der Waals surface area contributed by atoms with Crippen LogP contribution in [-0.4, -0.2) is 92.4 Å². The first kappa shape index (κ1) is 28.4. The summed E-state index contributed by atoms with van der Waals surface area (Å²) < 4.78 is 74.6. The van der Waals surface area contributed by atoms with Crippen LogP contribution in [0, 0.1) is 6.92 Å². The Morgan fingerprint density at radius 1 is 1.08 bits per heavy atom. The molecule has 208 valence electrons. The Labute approximate surface area is 222 Å². The zero-order chi connectivity index (χ0) is 27.3. The van der Waals surface area contributed by atoms with Gasteiger partial charge in [-0.3, -0.25) is 14.5 Å². The molecule has 1 fully saturated rings. The molecule has 1 aliphatic heterocycles. The lowest BCUT2D eigenvalue weighted by Crippen LogP contribution is -2.50. The Morgan fingerprint density at radius 3 is 2.42 bits per heavy atom. The maximum absolute atomic E-state index is 12.4. The van der Waals surface area contributed by atoms with E-state index < -0.39 is 28.2 Å². The predicted octanol–water partition coefficient (Wildman–Crippen LogP) is 3.30. The number of nitrogens with zero attached hydrogens (tertiary/aromatic N) is 3. The monoisotopic (exact) mass is 574 g/mol. The van der Waals surface area contributed by atoms with Crippen LogP contribution in [0.3, 0.4) is 0 Å². The number of sulfonamides is 1. The summed E-state index contributed by atoms with van der Waals surface area (Å²) in [5, 5.41) is 11.4. The number of fused-ring (bicyclic) bond motifs is 1. The lowest BCUT2D eigenvalue weighted by Gasteiger charge is -2.35. The van der Waals surface area contributed by atoms with Gasteiger partial charge in [0.2, 0.25) is 10.0 Å². The van der Waals surface area contributed by atoms with Gasteiger partial charge in [-0.2, -0.15) is 0 Å². The molecular formula is C24H29F3N4O5S2. The van der Waals surface area contributed by atoms with E-state index in [1.54, 1.807) is 11.3 Å². The molecule has 2 heterocycles. The summed E-state index contributed by atoms with van der Waals surface area (Å²) in [6.07, 6.45) is -5.49. The maximum Gasteiger partial charge on any atom is 0.573 e. The topological polar surface area (TPSA) is 104 Å². The largest absolute Gasteiger partial charge is 0.573 e. The average molecular weight is 575 g/mol. The predicted molar refractivity (Wildman–Crippen MR) is 139 cm³/mol. The van der Waals surface area contributed by atoms with E-state index in [1.807, 2.05) is 30.0 Å². The summed E-state index contributed by atoms with van der Waals surface area (Å²) in [5.41, 5.74) is 1.03. The Morgan fingerprint density at radius 2 is 1.74 bits per heavy atom. The Kier molecular flexibility index (Phi) is 8.98. The third kappa shape index (κ3) is 8.70. The quantitative estimate of drug-likeness (QED) is 0.360. The molecule has 14 heteroatoms. The van der Waals surface area contributed by atoms with Crippen LogP contribution in [-0.2, 0) is 10.0 Å². The number of hydrogen-bond acceptors (Lipinski definition) is 9. The molecule has 2 N–H and O–H groups in total. The van der Waals surface area contributed by atoms with E-state index in [0.29, 0.717) is 45.0 Å². The lowest BCUT2D eigenvalue weighted by atomic mass is 10.2. The molecule has 0 amide bonds. The van der Waals surface area contributed by atoms with Gasteiger partial charge in [-0.05, 0) is 43.3 Å². The number of piperazine rings is 1. The van der Waals surface area contributed by atoms with Crippen LogP contribution in [0.25, 0.3) is 10.2 Å². The summed E-state index contributed by atoms with van der Waals surface area (Å²) in [7, 11) is -3.69. The van der Waals surface area contributed by atoms with Gasteiger partial charge in [-0.1, -0.05) is 0 Å². The lowest BCUT2D eigenvalue weighted by molar-refractivity contribution is -0.274. The number of benzene rings is 2. The first-order chi connectivity index (χ1) is 17.9. The van der Waals surface area contributed by atoms with Crippen LogP contribution in [0.1, 0.15) is 5.01 Å². The summed E-state index contributed by atoms with van der Waals surface area (Å²) in [5.74, 6) is 0.0712. The molecule has 1 aromatic heterocycles. The highest BCUT2D eigenvalue weighted by Crippen LogP contribution is 2.26. The molecule has 1 saturated heterocycles. The molecule has 1 aliphatic rings. The van der Waals surface area contributed by atoms with Gasteiger partial charge in [0.15, 0.2) is 0 Å². The van der Waals surface area contributed by atoms with Crippen molar-refractivity contribution in [3.8, 4) is 11.5 Å². The SMILES string of the molecule is Cc1nc2cc(OC[C@H](O)CN3CCN(CCS(=O)(=O)Nc4ccc(OC(F)(F)F)cc4)CC3)ccc2s1. The van der Waals surface area contributed by atoms with E-state index in [9.17, 15) is 26.7 Å². The molecule has 0 radical (unpaired) electrons. The fraction of sp³-hybridized carbons (Fsp3) is 0.458. The van der Waals surface area contributed by atoms with Crippen molar-refractivity contribution in [3.05, 3.63) is 47.5 Å². The van der Waals surface area contributed by atoms with Crippen molar-refractivity contribution < 1.29 is 36.2 Å². The fourth-order valence-corrected chi connectivity index (χ4v) is 5.96. The van der Waals surface area contributed by atoms with E-state index in [2.05, 4.69) is 19.3 Å². The number of aryl methyl sites for hydroxylation is 1. The molecule has 0 spiro atoms. The van der Waals surface area contributed by atoms with Crippen molar-refractivity contribution in [3.63, 3.8) is 0 Å². The second kappa shape index (κ2) is 12.0. The molecule has 9 nitrogen and oxygen atoms in total. The minimum atomic E-state index is -4.81. The van der Waals surface area contributed by atoms with E-state index in [0.717, 1.165) is 27.4 Å². The highest BCUT2D eigenvalue weighted by Gasteiger charge is 2.31. The normalized spacial score (nSPS) is 16.4. The Bertz CT molecular complexity index is 1310. The number of β-amino-alcohol motifs (C(OH)–C–C–N with tert-alkyl or cyclic N) is 1. The zero-order valence-corrected chi connectivity index (χ0v) is 22.3. The molecular weight excluding hydrogens is 545 g/mol. The average Bonchev–Trinajstić information content (AvgIpc) is 3.22. The van der Waals surface area contributed by atoms with Gasteiger partial charge < -0.3 is 14.6 Å². The third-order valence-corrected chi connectivity index (χ3v) is 8.10. The number of aliphatic hydroxyl groups excluding tert-OH is 1. The van der Waals surface area contributed by atoms with E-state index in [1.165, 1.54) is 12.1 Å². The van der Waals surface area contributed by atoms with Crippen LogP contribution in [0.5, 0.6) is 11.5 Å². The number of hydrogen-bond donors (Lipinski definition) is 2. The van der Waals surface area contributed by atoms with Gasteiger partial charge in [-0.25, -0.2) is 13.4 Å². The van der Waals surface area contributed by atoms with Crippen LogP contribution < -0.4 is 14.2 Å². The molecule has 0 saturated carbocycles. The molecule has 0 aliphatic carbocycles. The Balaban J connectivity index is 1.15. The minimum Gasteiger partial charge on any atom is -0.491 e. The fourth-order valence-electron chi connectivity index (χ4n) is 4.06. The van der Waals surface area contributed by atoms with E-state index in [4.69, 9.17) is 4.74 Å². The molecule has 0 bridgehead atoms. The first-order valence-electron chi connectivity index (χ1n) is 11.9. The van der Waals surface area contributed by atoms with Crippen LogP contribution in [0.15, 0.2) is 42.5 Å². The second-order valence-corrected chi connectivity index (χ2v) is 12.0. The van der Waals surface area contributed by atoms with Gasteiger partial charge >= 0.3 is 6.36 Å². The van der Waals surface area contributed by atoms with Crippen LogP contribution in [0.4, 0.5) is 18.9 Å². The molecule has 2 aromatic carbocycles. The van der Waals surface area contributed by atoms with E-state index >= 15 is 0 Å². The van der Waals surface area contributed by atoms with Crippen molar-refractivity contribution in [2.45, 2.75) is 19.4 Å². The van der Waals surface area contributed by atoms with Gasteiger partial charge in [0.05, 0.1) is 21.0 Å². The summed E-state index contributed by atoms with van der Waals surface area (Å²) in [6, 6.07) is 10.2. The Hall–Kier alpha value is -2.65. The van der Waals surface area contributed by atoms with Crippen LogP contribution in [0.2, 0.25) is 0 Å². The molecule has 3 aromatic rings. The van der Waals surface area contributed by atoms with Gasteiger partial charge in [0.25, 0.3) is 0 Å². The number of ether oxygens (including phenoxy) is 2. The number of nitrogens with one attached hydrogen (secondary N) is 1. The zero-order valence-electron chi connectivity index (χ0n) is 20.6. The molecule has 38 heavy (non-hydrogen) atoms. The molecule has 1 atom stereocenters. The summed E-state index contributed by atoms with van der Waals surface area (Å²) in [6.45, 7) is 5.50. The third-order valence-electron chi connectivity index (χ3n) is 5.88. The van der Waals surface area contributed by atoms with Crippen molar-refractivity contribution in [2.75, 3.05) is 56.4 Å². The minimum absolute atomic E-state index is 0.155. The van der Waals surface area contributed by atoms with Gasteiger partial charge in [0, 0.05) is 51.0 Å². The smallest absolute Gasteiger partial charge is 0.491 e. The number of thiazole rings is 1. The standard InChI is InChI=1S/C24H29F3N4O5S2/c1-17-28-22-14-21(6-7-23(22)37-17)35-16-19(32)15-31-10-8-30(9-11-31)12-13-38(33,34)29-18-2-4-20(5-3-18)36-24(25,26)27/h2-7,14,19,29,32H,8-13,15-16H2,1H3/t19-/m1/s1. The number of anilines is 1. The maximum atomic E-state index is 12.4. The second-order valence-electron chi connectivity index (χ2n) is 8.96. The summed E-state index contributed by atoms with van der Waals surface area (Å²) >= 11 is 1.62. The number of aromatic nitrogens is 1. The van der Waals surface area contributed by atoms with Gasteiger partial charge in [-0.15, -0.1) is 24.5 Å². The highest BCUT2D eigenvalue weighted by molar-refractivity contribution is 7.92. The first-order valence-corrected chi connectivity index (χ1v) is 14.4. The molecule has 4 rings (SSSR count). The number of rotatable bonds is 11. The summed E-state index contributed by atoms with van der Waals surface area (Å²) in [4.78, 5) is 8.57. The van der Waals surface area contributed by atoms with Gasteiger partial charge in [0.1, 0.15) is 24.2 Å². The number of alkyl halides is 3.